The zero-order valence-corrected chi connectivity index (χ0v) is 17.2. The second-order valence-electron chi connectivity index (χ2n) is 6.96. The highest BCUT2D eigenvalue weighted by molar-refractivity contribution is 7.99. The number of benzene rings is 1. The molecule has 0 fully saturated rings. The van der Waals surface area contributed by atoms with E-state index in [1.807, 2.05) is 13.0 Å². The molecule has 4 aromatic rings. The van der Waals surface area contributed by atoms with Gasteiger partial charge in [0.1, 0.15) is 22.7 Å². The third kappa shape index (κ3) is 3.93. The number of aliphatic hydroxyl groups excluding tert-OH is 2. The van der Waals surface area contributed by atoms with Crippen LogP contribution in [0.25, 0.3) is 22.1 Å². The van der Waals surface area contributed by atoms with Gasteiger partial charge >= 0.3 is 0 Å². The molecule has 0 amide bonds. The van der Waals surface area contributed by atoms with Gasteiger partial charge in [-0.25, -0.2) is 24.3 Å². The molecule has 0 aliphatic heterocycles. The summed E-state index contributed by atoms with van der Waals surface area (Å²) in [4.78, 5) is 20.3. The van der Waals surface area contributed by atoms with Gasteiger partial charge in [0.05, 0.1) is 30.6 Å². The Bertz CT molecular complexity index is 1200. The molecule has 3 aromatic heterocycles. The van der Waals surface area contributed by atoms with E-state index in [1.54, 1.807) is 19.3 Å². The molecule has 1 unspecified atom stereocenters. The van der Waals surface area contributed by atoms with E-state index in [2.05, 4.69) is 25.3 Å². The lowest BCUT2D eigenvalue weighted by atomic mass is 10.0. The summed E-state index contributed by atoms with van der Waals surface area (Å²) >= 11 is 1.32. The second-order valence-corrected chi connectivity index (χ2v) is 7.97. The number of nitrogens with one attached hydrogen (secondary N) is 2. The van der Waals surface area contributed by atoms with Gasteiger partial charge in [-0.2, -0.15) is 0 Å². The highest BCUT2D eigenvalue weighted by atomic mass is 32.2. The molecule has 1 aromatic carbocycles. The van der Waals surface area contributed by atoms with Gasteiger partial charge < -0.3 is 20.5 Å². The van der Waals surface area contributed by atoms with Crippen LogP contribution in [0.4, 0.5) is 10.2 Å². The van der Waals surface area contributed by atoms with Crippen LogP contribution in [0.2, 0.25) is 0 Å². The van der Waals surface area contributed by atoms with Crippen molar-refractivity contribution in [3.05, 3.63) is 47.8 Å². The molecule has 0 bridgehead atoms. The Kier molecular flexibility index (Phi) is 5.80. The predicted molar refractivity (Wildman–Crippen MR) is 114 cm³/mol. The average molecular weight is 428 g/mol. The number of imidazole rings is 1. The first kappa shape index (κ1) is 20.5. The summed E-state index contributed by atoms with van der Waals surface area (Å²) in [7, 11) is 0. The lowest BCUT2D eigenvalue weighted by molar-refractivity contribution is 0.113. The molecule has 8 nitrogen and oxygen atoms in total. The molecule has 30 heavy (non-hydrogen) atoms. The van der Waals surface area contributed by atoms with Crippen LogP contribution < -0.4 is 5.32 Å². The maximum absolute atomic E-state index is 14.1. The topological polar surface area (TPSA) is 120 Å². The van der Waals surface area contributed by atoms with Crippen LogP contribution >= 0.6 is 11.8 Å². The van der Waals surface area contributed by atoms with Gasteiger partial charge in [0, 0.05) is 22.3 Å². The van der Waals surface area contributed by atoms with Gasteiger partial charge in [-0.1, -0.05) is 0 Å². The van der Waals surface area contributed by atoms with E-state index in [1.165, 1.54) is 24.2 Å². The Hall–Kier alpha value is -2.82. The lowest BCUT2D eigenvalue weighted by Crippen LogP contribution is -2.16. The standard InChI is InChI=1S/C20H21FN6O2S/c1-10-15(21)4-3-12-5-14(20(27-16(10)12)30-7-13(29)6-28)11(2)26-19-17-18(23-8-22-17)24-9-25-19/h3-5,8-9,11,13,28-29H,6-7H2,1-2H3,(H2,22,23,24,25,26)/t11-,13?/m0/s1. The van der Waals surface area contributed by atoms with Gasteiger partial charge in [-0.05, 0) is 32.0 Å². The number of hydrogen-bond donors (Lipinski definition) is 4. The van der Waals surface area contributed by atoms with Gasteiger partial charge in [0.15, 0.2) is 11.5 Å². The van der Waals surface area contributed by atoms with Crippen LogP contribution in [-0.4, -0.2) is 53.6 Å². The van der Waals surface area contributed by atoms with Crippen LogP contribution in [0.3, 0.4) is 0 Å². The number of rotatable bonds is 7. The normalized spacial score (nSPS) is 13.6. The molecule has 10 heteroatoms. The minimum atomic E-state index is -0.872. The molecule has 156 valence electrons. The molecular weight excluding hydrogens is 407 g/mol. The molecule has 4 rings (SSSR count). The zero-order chi connectivity index (χ0) is 21.3. The minimum absolute atomic E-state index is 0.206. The van der Waals surface area contributed by atoms with Crippen LogP contribution in [0.5, 0.6) is 0 Å². The molecule has 3 heterocycles. The van der Waals surface area contributed by atoms with Gasteiger partial charge in [-0.3, -0.25) is 0 Å². The van der Waals surface area contributed by atoms with Crippen molar-refractivity contribution in [1.29, 1.82) is 0 Å². The number of halogens is 1. The summed E-state index contributed by atoms with van der Waals surface area (Å²) < 4.78 is 14.1. The van der Waals surface area contributed by atoms with E-state index in [4.69, 9.17) is 10.1 Å². The summed E-state index contributed by atoms with van der Waals surface area (Å²) in [6, 6.07) is 4.89. The number of pyridine rings is 1. The SMILES string of the molecule is Cc1c(F)ccc2cc([C@H](C)Nc3ncnc4nc[nH]c34)c(SCC(O)CO)nc12. The second kappa shape index (κ2) is 8.50. The molecule has 0 aliphatic carbocycles. The van der Waals surface area contributed by atoms with Crippen LogP contribution in [0, 0.1) is 12.7 Å². The van der Waals surface area contributed by atoms with Crippen LogP contribution in [0.15, 0.2) is 35.9 Å². The van der Waals surface area contributed by atoms with Crippen LogP contribution in [0.1, 0.15) is 24.1 Å². The highest BCUT2D eigenvalue weighted by Gasteiger charge is 2.19. The number of aliphatic hydroxyl groups is 2. The Morgan fingerprint density at radius 1 is 1.27 bits per heavy atom. The van der Waals surface area contributed by atoms with Crippen molar-refractivity contribution in [2.75, 3.05) is 17.7 Å². The Labute approximate surface area is 176 Å². The molecule has 0 saturated carbocycles. The van der Waals surface area contributed by atoms with Gasteiger partial charge in [-0.15, -0.1) is 11.8 Å². The molecule has 0 spiro atoms. The number of anilines is 1. The number of aromatic nitrogens is 5. The summed E-state index contributed by atoms with van der Waals surface area (Å²) in [5.74, 6) is 0.552. The Morgan fingerprint density at radius 2 is 2.10 bits per heavy atom. The molecule has 0 radical (unpaired) electrons. The van der Waals surface area contributed by atoms with Gasteiger partial charge in [0.25, 0.3) is 0 Å². The third-order valence-corrected chi connectivity index (χ3v) is 5.99. The van der Waals surface area contributed by atoms with Gasteiger partial charge in [0.2, 0.25) is 0 Å². The van der Waals surface area contributed by atoms with Crippen molar-refractivity contribution in [3.8, 4) is 0 Å². The van der Waals surface area contributed by atoms with E-state index < -0.39 is 6.10 Å². The molecule has 0 aliphatic rings. The van der Waals surface area contributed by atoms with E-state index in [-0.39, 0.29) is 24.2 Å². The van der Waals surface area contributed by atoms with Crippen molar-refractivity contribution >= 4 is 39.6 Å². The largest absolute Gasteiger partial charge is 0.394 e. The highest BCUT2D eigenvalue weighted by Crippen LogP contribution is 2.33. The summed E-state index contributed by atoms with van der Waals surface area (Å²) in [5, 5.41) is 23.8. The van der Waals surface area contributed by atoms with E-state index in [0.717, 1.165) is 10.9 Å². The predicted octanol–water partition coefficient (Wildman–Crippen LogP) is 2.97. The van der Waals surface area contributed by atoms with Crippen LogP contribution in [-0.2, 0) is 0 Å². The third-order valence-electron chi connectivity index (χ3n) is 4.83. The Balaban J connectivity index is 1.74. The summed E-state index contributed by atoms with van der Waals surface area (Å²) in [5.41, 5.74) is 3.17. The Morgan fingerprint density at radius 3 is 2.90 bits per heavy atom. The number of thioether (sulfide) groups is 1. The van der Waals surface area contributed by atoms with Crippen molar-refractivity contribution in [3.63, 3.8) is 0 Å². The quantitative estimate of drug-likeness (QED) is 0.332. The summed E-state index contributed by atoms with van der Waals surface area (Å²) in [6.45, 7) is 3.32. The number of aromatic amines is 1. The van der Waals surface area contributed by atoms with Crippen molar-refractivity contribution in [2.24, 2.45) is 0 Å². The van der Waals surface area contributed by atoms with E-state index in [0.29, 0.717) is 33.1 Å². The monoisotopic (exact) mass is 428 g/mol. The lowest BCUT2D eigenvalue weighted by Gasteiger charge is -2.20. The number of hydrogen-bond acceptors (Lipinski definition) is 8. The number of nitrogens with zero attached hydrogens (tertiary/aromatic N) is 4. The smallest absolute Gasteiger partial charge is 0.182 e. The van der Waals surface area contributed by atoms with Crippen molar-refractivity contribution < 1.29 is 14.6 Å². The van der Waals surface area contributed by atoms with E-state index in [9.17, 15) is 9.50 Å². The molecule has 2 atom stereocenters. The first-order valence-electron chi connectivity index (χ1n) is 9.40. The molecule has 0 saturated heterocycles. The number of fused-ring (bicyclic) bond motifs is 2. The van der Waals surface area contributed by atoms with Crippen molar-refractivity contribution in [2.45, 2.75) is 31.0 Å². The number of aryl methyl sites for hydroxylation is 1. The molecular formula is C20H21FN6O2S. The molecule has 4 N–H and O–H groups in total. The van der Waals surface area contributed by atoms with Crippen molar-refractivity contribution in [1.82, 2.24) is 24.9 Å². The minimum Gasteiger partial charge on any atom is -0.394 e. The maximum atomic E-state index is 14.1. The number of H-pyrrole nitrogens is 1. The fraction of sp³-hybridized carbons (Fsp3) is 0.300. The first-order valence-corrected chi connectivity index (χ1v) is 10.4. The fourth-order valence-electron chi connectivity index (χ4n) is 3.17. The zero-order valence-electron chi connectivity index (χ0n) is 16.4. The maximum Gasteiger partial charge on any atom is 0.182 e. The average Bonchev–Trinajstić information content (AvgIpc) is 3.24. The summed E-state index contributed by atoms with van der Waals surface area (Å²) in [6.07, 6.45) is 2.13. The van der Waals surface area contributed by atoms with E-state index >= 15 is 0 Å². The first-order chi connectivity index (χ1) is 14.5. The fourth-order valence-corrected chi connectivity index (χ4v) is 4.18.